The standard InChI is InChI=1S/C25H30BrClN2O3/c1-3-18-10-13-23(22(26)14-18)32-16-24(30)29(15-19-8-11-20(27)12-9-19)17(2)25(31)28-21-6-4-5-7-21/h8-14,17,21H,3-7,15-16H2,1-2H3,(H,28,31)/t17-/m0/s1. The maximum absolute atomic E-state index is 13.2. The van der Waals surface area contributed by atoms with E-state index in [1.54, 1.807) is 24.0 Å². The van der Waals surface area contributed by atoms with Gasteiger partial charge in [0.1, 0.15) is 11.8 Å². The second-order valence-corrected chi connectivity index (χ2v) is 9.51. The number of hydrogen-bond acceptors (Lipinski definition) is 3. The van der Waals surface area contributed by atoms with Crippen molar-refractivity contribution in [1.82, 2.24) is 10.2 Å². The predicted molar refractivity (Wildman–Crippen MR) is 131 cm³/mol. The van der Waals surface area contributed by atoms with Gasteiger partial charge in [-0.2, -0.15) is 0 Å². The van der Waals surface area contributed by atoms with Gasteiger partial charge >= 0.3 is 0 Å². The van der Waals surface area contributed by atoms with Crippen LogP contribution in [0.3, 0.4) is 0 Å². The average Bonchev–Trinajstić information content (AvgIpc) is 3.30. The number of rotatable bonds is 9. The van der Waals surface area contributed by atoms with Crippen LogP contribution in [0.1, 0.15) is 50.7 Å². The predicted octanol–water partition coefficient (Wildman–Crippen LogP) is 5.52. The molecule has 2 aromatic carbocycles. The van der Waals surface area contributed by atoms with Crippen molar-refractivity contribution < 1.29 is 14.3 Å². The van der Waals surface area contributed by atoms with Crippen LogP contribution in [-0.2, 0) is 22.6 Å². The molecule has 2 amide bonds. The summed E-state index contributed by atoms with van der Waals surface area (Å²) in [6.07, 6.45) is 5.17. The molecule has 1 aliphatic rings. The first-order valence-corrected chi connectivity index (χ1v) is 12.3. The molecule has 0 aliphatic heterocycles. The number of hydrogen-bond donors (Lipinski definition) is 1. The Bertz CT molecular complexity index is 929. The van der Waals surface area contributed by atoms with Gasteiger partial charge in [0.05, 0.1) is 4.47 Å². The Morgan fingerprint density at radius 1 is 1.16 bits per heavy atom. The summed E-state index contributed by atoms with van der Waals surface area (Å²) in [4.78, 5) is 27.7. The van der Waals surface area contributed by atoms with Crippen LogP contribution in [0.5, 0.6) is 5.75 Å². The van der Waals surface area contributed by atoms with Crippen LogP contribution in [0, 0.1) is 0 Å². The molecule has 0 heterocycles. The number of nitrogens with zero attached hydrogens (tertiary/aromatic N) is 1. The zero-order chi connectivity index (χ0) is 23.1. The van der Waals surface area contributed by atoms with Crippen LogP contribution in [0.4, 0.5) is 0 Å². The van der Waals surface area contributed by atoms with E-state index >= 15 is 0 Å². The van der Waals surface area contributed by atoms with Gasteiger partial charge in [-0.05, 0) is 77.5 Å². The highest BCUT2D eigenvalue weighted by Gasteiger charge is 2.28. The highest BCUT2D eigenvalue weighted by Crippen LogP contribution is 2.26. The van der Waals surface area contributed by atoms with Gasteiger partial charge in [0.15, 0.2) is 6.61 Å². The summed E-state index contributed by atoms with van der Waals surface area (Å²) < 4.78 is 6.61. The van der Waals surface area contributed by atoms with Crippen LogP contribution in [-0.4, -0.2) is 35.4 Å². The zero-order valence-corrected chi connectivity index (χ0v) is 20.9. The minimum absolute atomic E-state index is 0.132. The number of aryl methyl sites for hydroxylation is 1. The summed E-state index contributed by atoms with van der Waals surface area (Å²) in [5, 5.41) is 3.73. The summed E-state index contributed by atoms with van der Waals surface area (Å²) in [7, 11) is 0. The smallest absolute Gasteiger partial charge is 0.261 e. The van der Waals surface area contributed by atoms with E-state index in [0.717, 1.165) is 42.1 Å². The third-order valence-corrected chi connectivity index (χ3v) is 6.76. The van der Waals surface area contributed by atoms with Gasteiger partial charge in [0.25, 0.3) is 5.91 Å². The maximum atomic E-state index is 13.2. The van der Waals surface area contributed by atoms with Crippen molar-refractivity contribution in [2.24, 2.45) is 0 Å². The molecular formula is C25H30BrClN2O3. The van der Waals surface area contributed by atoms with Crippen LogP contribution in [0.25, 0.3) is 0 Å². The molecule has 1 atom stereocenters. The van der Waals surface area contributed by atoms with E-state index in [0.29, 0.717) is 17.3 Å². The fourth-order valence-electron chi connectivity index (χ4n) is 3.86. The quantitative estimate of drug-likeness (QED) is 0.473. The zero-order valence-electron chi connectivity index (χ0n) is 18.6. The lowest BCUT2D eigenvalue weighted by atomic mass is 10.1. The molecule has 7 heteroatoms. The van der Waals surface area contributed by atoms with E-state index < -0.39 is 6.04 Å². The second-order valence-electron chi connectivity index (χ2n) is 8.22. The van der Waals surface area contributed by atoms with Crippen molar-refractivity contribution in [2.75, 3.05) is 6.61 Å². The molecule has 1 N–H and O–H groups in total. The fourth-order valence-corrected chi connectivity index (χ4v) is 4.53. The van der Waals surface area contributed by atoms with Crippen molar-refractivity contribution in [1.29, 1.82) is 0 Å². The Morgan fingerprint density at radius 2 is 1.81 bits per heavy atom. The van der Waals surface area contributed by atoms with E-state index in [2.05, 4.69) is 28.2 Å². The van der Waals surface area contributed by atoms with Gasteiger partial charge in [-0.15, -0.1) is 0 Å². The Labute approximate surface area is 203 Å². The molecular weight excluding hydrogens is 492 g/mol. The average molecular weight is 522 g/mol. The molecule has 1 fully saturated rings. The monoisotopic (exact) mass is 520 g/mol. The van der Waals surface area contributed by atoms with Crippen molar-refractivity contribution in [3.63, 3.8) is 0 Å². The number of ether oxygens (including phenoxy) is 1. The summed E-state index contributed by atoms with van der Waals surface area (Å²) in [5.41, 5.74) is 2.08. The molecule has 172 valence electrons. The Kier molecular flexibility index (Phi) is 9.00. The summed E-state index contributed by atoms with van der Waals surface area (Å²) in [6, 6.07) is 12.7. The van der Waals surface area contributed by atoms with Gasteiger partial charge in [0, 0.05) is 17.6 Å². The minimum Gasteiger partial charge on any atom is -0.483 e. The number of carbonyl (C=O) groups is 2. The molecule has 5 nitrogen and oxygen atoms in total. The van der Waals surface area contributed by atoms with Crippen LogP contribution in [0.15, 0.2) is 46.9 Å². The lowest BCUT2D eigenvalue weighted by Gasteiger charge is -2.29. The Balaban J connectivity index is 1.71. The second kappa shape index (κ2) is 11.7. The van der Waals surface area contributed by atoms with E-state index in [1.807, 2.05) is 30.3 Å². The lowest BCUT2D eigenvalue weighted by Crippen LogP contribution is -2.50. The van der Waals surface area contributed by atoms with E-state index in [9.17, 15) is 9.59 Å². The van der Waals surface area contributed by atoms with Crippen LogP contribution >= 0.6 is 27.5 Å². The summed E-state index contributed by atoms with van der Waals surface area (Å²) in [5.74, 6) is 0.221. The van der Waals surface area contributed by atoms with Crippen molar-refractivity contribution in [2.45, 2.75) is 64.6 Å². The van der Waals surface area contributed by atoms with Crippen LogP contribution < -0.4 is 10.1 Å². The van der Waals surface area contributed by atoms with Gasteiger partial charge in [0.2, 0.25) is 5.91 Å². The summed E-state index contributed by atoms with van der Waals surface area (Å²) >= 11 is 9.51. The number of halogens is 2. The highest BCUT2D eigenvalue weighted by atomic mass is 79.9. The third-order valence-electron chi connectivity index (χ3n) is 5.89. The fraction of sp³-hybridized carbons (Fsp3) is 0.440. The first kappa shape index (κ1) is 24.6. The Hall–Kier alpha value is -2.05. The number of carbonyl (C=O) groups excluding carboxylic acids is 2. The molecule has 0 radical (unpaired) electrons. The normalized spacial score (nSPS) is 14.8. The SMILES string of the molecule is CCc1ccc(OCC(=O)N(Cc2ccc(Cl)cc2)[C@@H](C)C(=O)NC2CCCC2)c(Br)c1. The van der Waals surface area contributed by atoms with Gasteiger partial charge in [-0.25, -0.2) is 0 Å². The third kappa shape index (κ3) is 6.72. The van der Waals surface area contributed by atoms with Crippen molar-refractivity contribution >= 4 is 39.3 Å². The number of nitrogens with one attached hydrogen (secondary N) is 1. The Morgan fingerprint density at radius 3 is 2.44 bits per heavy atom. The van der Waals surface area contributed by atoms with Gasteiger partial charge in [-0.3, -0.25) is 9.59 Å². The van der Waals surface area contributed by atoms with Crippen LogP contribution in [0.2, 0.25) is 5.02 Å². The molecule has 0 bridgehead atoms. The molecule has 0 saturated heterocycles. The van der Waals surface area contributed by atoms with E-state index in [1.165, 1.54) is 5.56 Å². The van der Waals surface area contributed by atoms with Gasteiger partial charge in [-0.1, -0.05) is 49.6 Å². The van der Waals surface area contributed by atoms with E-state index in [4.69, 9.17) is 16.3 Å². The molecule has 1 aliphatic carbocycles. The van der Waals surface area contributed by atoms with Crippen molar-refractivity contribution in [3.05, 3.63) is 63.1 Å². The number of amides is 2. The molecule has 0 aromatic heterocycles. The summed E-state index contributed by atoms with van der Waals surface area (Å²) in [6.45, 7) is 4.00. The maximum Gasteiger partial charge on any atom is 0.261 e. The minimum atomic E-state index is -0.617. The van der Waals surface area contributed by atoms with Gasteiger partial charge < -0.3 is 15.0 Å². The molecule has 3 rings (SSSR count). The number of benzene rings is 2. The lowest BCUT2D eigenvalue weighted by molar-refractivity contribution is -0.142. The largest absolute Gasteiger partial charge is 0.483 e. The molecule has 1 saturated carbocycles. The van der Waals surface area contributed by atoms with Crippen molar-refractivity contribution in [3.8, 4) is 5.75 Å². The van der Waals surface area contributed by atoms with E-state index in [-0.39, 0.29) is 24.5 Å². The first-order chi connectivity index (χ1) is 15.4. The highest BCUT2D eigenvalue weighted by molar-refractivity contribution is 9.10. The molecule has 0 spiro atoms. The molecule has 32 heavy (non-hydrogen) atoms. The first-order valence-electron chi connectivity index (χ1n) is 11.1. The molecule has 2 aromatic rings. The molecule has 0 unspecified atom stereocenters. The topological polar surface area (TPSA) is 58.6 Å².